The number of aromatic nitrogens is 2. The first-order chi connectivity index (χ1) is 9.58. The Morgan fingerprint density at radius 3 is 2.60 bits per heavy atom. The zero-order valence-corrected chi connectivity index (χ0v) is 13.1. The standard InChI is InChI=1S/C15H26N4O/c1-5-7-9-16-15(20)13-11-14(18-12(3)17-13)19(4)10-8-6-2/h11H,5-10H2,1-4H3,(H,16,20). The minimum absolute atomic E-state index is 0.117. The third-order valence-corrected chi connectivity index (χ3v) is 3.11. The minimum Gasteiger partial charge on any atom is -0.360 e. The summed E-state index contributed by atoms with van der Waals surface area (Å²) >= 11 is 0. The van der Waals surface area contributed by atoms with Crippen molar-refractivity contribution in [2.75, 3.05) is 25.0 Å². The molecule has 5 heteroatoms. The van der Waals surface area contributed by atoms with Gasteiger partial charge in [-0.3, -0.25) is 4.79 Å². The van der Waals surface area contributed by atoms with Gasteiger partial charge in [-0.15, -0.1) is 0 Å². The Morgan fingerprint density at radius 1 is 1.25 bits per heavy atom. The molecule has 1 amide bonds. The fourth-order valence-corrected chi connectivity index (χ4v) is 1.84. The van der Waals surface area contributed by atoms with Gasteiger partial charge in [-0.25, -0.2) is 9.97 Å². The van der Waals surface area contributed by atoms with Crippen LogP contribution in [-0.2, 0) is 0 Å². The van der Waals surface area contributed by atoms with Crippen LogP contribution in [0.15, 0.2) is 6.07 Å². The van der Waals surface area contributed by atoms with Crippen LogP contribution in [0, 0.1) is 6.92 Å². The van der Waals surface area contributed by atoms with E-state index >= 15 is 0 Å². The maximum absolute atomic E-state index is 12.0. The van der Waals surface area contributed by atoms with Crippen LogP contribution in [-0.4, -0.2) is 36.0 Å². The summed E-state index contributed by atoms with van der Waals surface area (Å²) in [6.45, 7) is 7.71. The maximum Gasteiger partial charge on any atom is 0.270 e. The molecule has 0 saturated heterocycles. The van der Waals surface area contributed by atoms with E-state index in [0.29, 0.717) is 18.1 Å². The first-order valence-electron chi connectivity index (χ1n) is 7.43. The smallest absolute Gasteiger partial charge is 0.270 e. The highest BCUT2D eigenvalue weighted by atomic mass is 16.1. The average molecular weight is 278 g/mol. The van der Waals surface area contributed by atoms with E-state index in [1.165, 1.54) is 0 Å². The Morgan fingerprint density at radius 2 is 1.95 bits per heavy atom. The average Bonchev–Trinajstić information content (AvgIpc) is 2.44. The van der Waals surface area contributed by atoms with Gasteiger partial charge in [0.1, 0.15) is 17.3 Å². The molecule has 20 heavy (non-hydrogen) atoms. The molecule has 0 radical (unpaired) electrons. The van der Waals surface area contributed by atoms with E-state index in [2.05, 4.69) is 34.0 Å². The molecule has 0 saturated carbocycles. The molecule has 0 spiro atoms. The molecule has 112 valence electrons. The number of nitrogens with one attached hydrogen (secondary N) is 1. The van der Waals surface area contributed by atoms with Crippen LogP contribution in [0.5, 0.6) is 0 Å². The van der Waals surface area contributed by atoms with Gasteiger partial charge in [0.15, 0.2) is 0 Å². The zero-order valence-electron chi connectivity index (χ0n) is 13.1. The predicted octanol–water partition coefficient (Wildman–Crippen LogP) is 2.55. The lowest BCUT2D eigenvalue weighted by Crippen LogP contribution is -2.27. The molecule has 1 aromatic heterocycles. The number of unbranched alkanes of at least 4 members (excludes halogenated alkanes) is 2. The lowest BCUT2D eigenvalue weighted by Gasteiger charge is -2.18. The molecule has 0 fully saturated rings. The van der Waals surface area contributed by atoms with Gasteiger partial charge in [0.05, 0.1) is 0 Å². The summed E-state index contributed by atoms with van der Waals surface area (Å²) in [7, 11) is 2.00. The van der Waals surface area contributed by atoms with Crippen molar-refractivity contribution >= 4 is 11.7 Å². The molecule has 5 nitrogen and oxygen atoms in total. The topological polar surface area (TPSA) is 58.1 Å². The van der Waals surface area contributed by atoms with Crippen molar-refractivity contribution in [3.63, 3.8) is 0 Å². The van der Waals surface area contributed by atoms with Crippen molar-refractivity contribution in [1.82, 2.24) is 15.3 Å². The number of amides is 1. The quantitative estimate of drug-likeness (QED) is 0.742. The summed E-state index contributed by atoms with van der Waals surface area (Å²) in [4.78, 5) is 22.7. The Balaban J connectivity index is 2.77. The minimum atomic E-state index is -0.117. The Bertz CT molecular complexity index is 434. The van der Waals surface area contributed by atoms with Crippen molar-refractivity contribution in [2.24, 2.45) is 0 Å². The van der Waals surface area contributed by atoms with E-state index in [9.17, 15) is 4.79 Å². The van der Waals surface area contributed by atoms with Crippen LogP contribution in [0.2, 0.25) is 0 Å². The summed E-state index contributed by atoms with van der Waals surface area (Å²) in [5.74, 6) is 1.33. The number of anilines is 1. The number of hydrogen-bond donors (Lipinski definition) is 1. The maximum atomic E-state index is 12.0. The van der Waals surface area contributed by atoms with Gasteiger partial charge in [0.25, 0.3) is 5.91 Å². The van der Waals surface area contributed by atoms with E-state index in [0.717, 1.165) is 38.0 Å². The monoisotopic (exact) mass is 278 g/mol. The molecule has 1 heterocycles. The summed E-state index contributed by atoms with van der Waals surface area (Å²) in [5.41, 5.74) is 0.451. The normalized spacial score (nSPS) is 10.4. The second kappa shape index (κ2) is 8.51. The first kappa shape index (κ1) is 16.4. The first-order valence-corrected chi connectivity index (χ1v) is 7.43. The molecule has 1 N–H and O–H groups in total. The fourth-order valence-electron chi connectivity index (χ4n) is 1.84. The summed E-state index contributed by atoms with van der Waals surface area (Å²) in [5, 5.41) is 2.89. The van der Waals surface area contributed by atoms with Gasteiger partial charge in [0, 0.05) is 26.2 Å². The SMILES string of the molecule is CCCCNC(=O)c1cc(N(C)CCCC)nc(C)n1. The second-order valence-corrected chi connectivity index (χ2v) is 5.04. The Kier molecular flexibility index (Phi) is 6.98. The van der Waals surface area contributed by atoms with E-state index in [1.807, 2.05) is 14.0 Å². The van der Waals surface area contributed by atoms with Gasteiger partial charge in [-0.2, -0.15) is 0 Å². The molecule has 0 bridgehead atoms. The molecular formula is C15H26N4O. The number of rotatable bonds is 8. The van der Waals surface area contributed by atoms with Gasteiger partial charge in [0.2, 0.25) is 0 Å². The number of carbonyl (C=O) groups excluding carboxylic acids is 1. The fraction of sp³-hybridized carbons (Fsp3) is 0.667. The van der Waals surface area contributed by atoms with Gasteiger partial charge >= 0.3 is 0 Å². The van der Waals surface area contributed by atoms with Crippen LogP contribution < -0.4 is 10.2 Å². The predicted molar refractivity (Wildman–Crippen MR) is 82.2 cm³/mol. The second-order valence-electron chi connectivity index (χ2n) is 5.04. The molecule has 0 aliphatic rings. The lowest BCUT2D eigenvalue weighted by molar-refractivity contribution is 0.0948. The van der Waals surface area contributed by atoms with Crippen molar-refractivity contribution in [2.45, 2.75) is 46.5 Å². The zero-order chi connectivity index (χ0) is 15.0. The number of hydrogen-bond acceptors (Lipinski definition) is 4. The highest BCUT2D eigenvalue weighted by Gasteiger charge is 2.12. The summed E-state index contributed by atoms with van der Waals surface area (Å²) in [6.07, 6.45) is 4.30. The van der Waals surface area contributed by atoms with Crippen LogP contribution in [0.25, 0.3) is 0 Å². The molecule has 0 atom stereocenters. The van der Waals surface area contributed by atoms with Crippen LogP contribution in [0.4, 0.5) is 5.82 Å². The molecule has 0 aromatic carbocycles. The van der Waals surface area contributed by atoms with Crippen molar-refractivity contribution < 1.29 is 4.79 Å². The van der Waals surface area contributed by atoms with Crippen molar-refractivity contribution in [3.8, 4) is 0 Å². The Hall–Kier alpha value is -1.65. The summed E-state index contributed by atoms with van der Waals surface area (Å²) < 4.78 is 0. The lowest BCUT2D eigenvalue weighted by atomic mass is 10.3. The highest BCUT2D eigenvalue weighted by Crippen LogP contribution is 2.12. The summed E-state index contributed by atoms with van der Waals surface area (Å²) in [6, 6.07) is 1.77. The number of aryl methyl sites for hydroxylation is 1. The van der Waals surface area contributed by atoms with Gasteiger partial charge < -0.3 is 10.2 Å². The number of carbonyl (C=O) groups is 1. The molecule has 1 rings (SSSR count). The van der Waals surface area contributed by atoms with Crippen LogP contribution in [0.3, 0.4) is 0 Å². The van der Waals surface area contributed by atoms with E-state index < -0.39 is 0 Å². The molecule has 0 unspecified atom stereocenters. The van der Waals surface area contributed by atoms with Gasteiger partial charge in [-0.1, -0.05) is 26.7 Å². The van der Waals surface area contributed by atoms with Crippen molar-refractivity contribution in [1.29, 1.82) is 0 Å². The molecular weight excluding hydrogens is 252 g/mol. The van der Waals surface area contributed by atoms with E-state index in [-0.39, 0.29) is 5.91 Å². The van der Waals surface area contributed by atoms with Gasteiger partial charge in [-0.05, 0) is 19.8 Å². The molecule has 1 aromatic rings. The molecule has 0 aliphatic heterocycles. The van der Waals surface area contributed by atoms with E-state index in [4.69, 9.17) is 0 Å². The van der Waals surface area contributed by atoms with Crippen molar-refractivity contribution in [3.05, 3.63) is 17.6 Å². The Labute approximate surface area is 121 Å². The third kappa shape index (κ3) is 5.15. The molecule has 0 aliphatic carbocycles. The third-order valence-electron chi connectivity index (χ3n) is 3.11. The van der Waals surface area contributed by atoms with E-state index in [1.54, 1.807) is 6.07 Å². The van der Waals surface area contributed by atoms with Crippen LogP contribution in [0.1, 0.15) is 55.8 Å². The number of nitrogens with zero attached hydrogens (tertiary/aromatic N) is 3. The van der Waals surface area contributed by atoms with Crippen LogP contribution >= 0.6 is 0 Å². The highest BCUT2D eigenvalue weighted by molar-refractivity contribution is 5.92. The largest absolute Gasteiger partial charge is 0.360 e.